The van der Waals surface area contributed by atoms with Crippen molar-refractivity contribution in [1.82, 2.24) is 15.5 Å². The second kappa shape index (κ2) is 7.57. The summed E-state index contributed by atoms with van der Waals surface area (Å²) in [5.41, 5.74) is 6.87. The van der Waals surface area contributed by atoms with Crippen molar-refractivity contribution < 1.29 is 9.32 Å². The van der Waals surface area contributed by atoms with Gasteiger partial charge >= 0.3 is 0 Å². The number of benzene rings is 1. The molecule has 6 nitrogen and oxygen atoms in total. The highest BCUT2D eigenvalue weighted by Crippen LogP contribution is 2.31. The Morgan fingerprint density at radius 1 is 1.38 bits per heavy atom. The summed E-state index contributed by atoms with van der Waals surface area (Å²) in [7, 11) is 0. The molecule has 3 atom stereocenters. The van der Waals surface area contributed by atoms with E-state index in [2.05, 4.69) is 15.5 Å². The summed E-state index contributed by atoms with van der Waals surface area (Å²) < 4.78 is 5.31. The zero-order valence-electron chi connectivity index (χ0n) is 13.9. The van der Waals surface area contributed by atoms with Crippen molar-refractivity contribution in [2.24, 2.45) is 17.6 Å². The van der Waals surface area contributed by atoms with Crippen LogP contribution in [-0.2, 0) is 11.2 Å². The summed E-state index contributed by atoms with van der Waals surface area (Å²) in [6.45, 7) is 2.44. The second-order valence-electron chi connectivity index (χ2n) is 6.47. The van der Waals surface area contributed by atoms with Crippen LogP contribution in [0.25, 0.3) is 0 Å². The highest BCUT2D eigenvalue weighted by Gasteiger charge is 2.33. The van der Waals surface area contributed by atoms with Crippen LogP contribution in [0.1, 0.15) is 49.5 Å². The molecule has 3 N–H and O–H groups in total. The number of hydrogen-bond acceptors (Lipinski definition) is 5. The minimum atomic E-state index is -0.273. The van der Waals surface area contributed by atoms with E-state index >= 15 is 0 Å². The minimum Gasteiger partial charge on any atom is -0.346 e. The van der Waals surface area contributed by atoms with Crippen LogP contribution in [0.4, 0.5) is 0 Å². The van der Waals surface area contributed by atoms with Crippen LogP contribution in [-0.4, -0.2) is 22.6 Å². The Morgan fingerprint density at radius 2 is 2.17 bits per heavy atom. The maximum atomic E-state index is 12.4. The van der Waals surface area contributed by atoms with Gasteiger partial charge < -0.3 is 15.6 Å². The van der Waals surface area contributed by atoms with E-state index in [9.17, 15) is 4.79 Å². The molecule has 0 aliphatic heterocycles. The number of carbonyl (C=O) groups excluding carboxylic acids is 1. The van der Waals surface area contributed by atoms with Crippen LogP contribution in [0.2, 0.25) is 0 Å². The van der Waals surface area contributed by atoms with Gasteiger partial charge in [-0.3, -0.25) is 4.79 Å². The first-order chi connectivity index (χ1) is 11.7. The zero-order chi connectivity index (χ0) is 16.9. The number of rotatable bonds is 6. The zero-order valence-corrected chi connectivity index (χ0v) is 13.9. The van der Waals surface area contributed by atoms with Gasteiger partial charge in [0.15, 0.2) is 5.82 Å². The molecule has 0 spiro atoms. The van der Waals surface area contributed by atoms with Gasteiger partial charge in [0.1, 0.15) is 0 Å². The molecule has 24 heavy (non-hydrogen) atoms. The van der Waals surface area contributed by atoms with Gasteiger partial charge in [-0.25, -0.2) is 0 Å². The largest absolute Gasteiger partial charge is 0.346 e. The van der Waals surface area contributed by atoms with Gasteiger partial charge in [0.25, 0.3) is 0 Å². The van der Waals surface area contributed by atoms with Gasteiger partial charge in [-0.15, -0.1) is 0 Å². The number of nitrogens with two attached hydrogens (primary N) is 1. The Bertz CT molecular complexity index is 671. The molecule has 0 radical (unpaired) electrons. The number of nitrogens with zero attached hydrogens (tertiary/aromatic N) is 2. The average molecular weight is 328 g/mol. The van der Waals surface area contributed by atoms with E-state index in [1.807, 2.05) is 37.3 Å². The topological polar surface area (TPSA) is 94.0 Å². The summed E-state index contributed by atoms with van der Waals surface area (Å²) in [6.07, 6.45) is 3.60. The molecule has 1 amide bonds. The fourth-order valence-corrected chi connectivity index (χ4v) is 3.34. The van der Waals surface area contributed by atoms with Crippen molar-refractivity contribution in [2.45, 2.75) is 38.6 Å². The molecule has 1 aliphatic rings. The summed E-state index contributed by atoms with van der Waals surface area (Å²) in [6, 6.07) is 9.68. The third-order valence-corrected chi connectivity index (χ3v) is 4.73. The van der Waals surface area contributed by atoms with Gasteiger partial charge in [0.05, 0.1) is 12.5 Å². The fraction of sp³-hybridized carbons (Fsp3) is 0.500. The van der Waals surface area contributed by atoms with Crippen molar-refractivity contribution in [1.29, 1.82) is 0 Å². The Labute approximate surface area is 141 Å². The molecule has 6 heteroatoms. The SMILES string of the molecule is CC(NC(=O)[C@@H]1CCC[C@@H]1CN)c1noc(Cc2ccccc2)n1. The summed E-state index contributed by atoms with van der Waals surface area (Å²) in [4.78, 5) is 16.9. The molecule has 128 valence electrons. The van der Waals surface area contributed by atoms with Crippen molar-refractivity contribution in [3.8, 4) is 0 Å². The summed E-state index contributed by atoms with van der Waals surface area (Å²) in [5, 5.41) is 7.01. The van der Waals surface area contributed by atoms with Crippen LogP contribution < -0.4 is 11.1 Å². The van der Waals surface area contributed by atoms with Crippen LogP contribution in [0.15, 0.2) is 34.9 Å². The average Bonchev–Trinajstić information content (AvgIpc) is 3.24. The Morgan fingerprint density at radius 3 is 2.92 bits per heavy atom. The number of carbonyl (C=O) groups is 1. The summed E-state index contributed by atoms with van der Waals surface area (Å²) in [5.74, 6) is 1.41. The van der Waals surface area contributed by atoms with Crippen LogP contribution in [0.3, 0.4) is 0 Å². The fourth-order valence-electron chi connectivity index (χ4n) is 3.34. The van der Waals surface area contributed by atoms with Crippen molar-refractivity contribution in [3.63, 3.8) is 0 Å². The molecule has 1 saturated carbocycles. The van der Waals surface area contributed by atoms with Crippen LogP contribution in [0.5, 0.6) is 0 Å². The molecule has 0 bridgehead atoms. The lowest BCUT2D eigenvalue weighted by Gasteiger charge is -2.19. The lowest BCUT2D eigenvalue weighted by atomic mass is 9.95. The Balaban J connectivity index is 1.59. The van der Waals surface area contributed by atoms with Crippen LogP contribution in [0, 0.1) is 11.8 Å². The van der Waals surface area contributed by atoms with E-state index in [0.29, 0.717) is 24.7 Å². The standard InChI is InChI=1S/C18H24N4O2/c1-12(20-18(23)15-9-5-8-14(15)11-19)17-21-16(24-22-17)10-13-6-3-2-4-7-13/h2-4,6-7,12,14-15H,5,8-11,19H2,1H3,(H,20,23)/t12?,14-,15-/m1/s1. The molecule has 2 aromatic rings. The van der Waals surface area contributed by atoms with Gasteiger partial charge in [-0.05, 0) is 37.8 Å². The Hall–Kier alpha value is -2.21. The number of hydrogen-bond donors (Lipinski definition) is 2. The second-order valence-corrected chi connectivity index (χ2v) is 6.47. The van der Waals surface area contributed by atoms with Crippen LogP contribution >= 0.6 is 0 Å². The molecular weight excluding hydrogens is 304 g/mol. The molecule has 0 saturated heterocycles. The van der Waals surface area contributed by atoms with Crippen molar-refractivity contribution in [2.75, 3.05) is 6.54 Å². The quantitative estimate of drug-likeness (QED) is 0.848. The lowest BCUT2D eigenvalue weighted by Crippen LogP contribution is -2.36. The van der Waals surface area contributed by atoms with Gasteiger partial charge in [-0.2, -0.15) is 4.98 Å². The first-order valence-electron chi connectivity index (χ1n) is 8.54. The molecule has 1 unspecified atom stereocenters. The predicted octanol–water partition coefficient (Wildman–Crippen LogP) is 2.21. The highest BCUT2D eigenvalue weighted by atomic mass is 16.5. The monoisotopic (exact) mass is 328 g/mol. The van der Waals surface area contributed by atoms with E-state index in [1.165, 1.54) is 0 Å². The molecule has 3 rings (SSSR count). The van der Waals surface area contributed by atoms with Gasteiger partial charge in [0, 0.05) is 5.92 Å². The first kappa shape index (κ1) is 16.6. The molecule has 1 aromatic heterocycles. The third kappa shape index (κ3) is 3.82. The molecular formula is C18H24N4O2. The summed E-state index contributed by atoms with van der Waals surface area (Å²) >= 11 is 0. The molecule has 1 aliphatic carbocycles. The first-order valence-corrected chi connectivity index (χ1v) is 8.54. The molecule has 1 aromatic carbocycles. The van der Waals surface area contributed by atoms with E-state index in [0.717, 1.165) is 24.8 Å². The Kier molecular flexibility index (Phi) is 5.25. The minimum absolute atomic E-state index is 0.00754. The number of amides is 1. The van der Waals surface area contributed by atoms with E-state index < -0.39 is 0 Å². The van der Waals surface area contributed by atoms with E-state index in [-0.39, 0.29) is 23.8 Å². The lowest BCUT2D eigenvalue weighted by molar-refractivity contribution is -0.126. The van der Waals surface area contributed by atoms with Gasteiger partial charge in [0.2, 0.25) is 11.8 Å². The molecule has 1 heterocycles. The maximum absolute atomic E-state index is 12.4. The van der Waals surface area contributed by atoms with Gasteiger partial charge in [-0.1, -0.05) is 41.9 Å². The van der Waals surface area contributed by atoms with Crippen molar-refractivity contribution >= 4 is 5.91 Å². The van der Waals surface area contributed by atoms with E-state index in [4.69, 9.17) is 10.3 Å². The number of nitrogens with one attached hydrogen (secondary N) is 1. The normalized spacial score (nSPS) is 21.6. The maximum Gasteiger partial charge on any atom is 0.231 e. The highest BCUT2D eigenvalue weighted by molar-refractivity contribution is 5.79. The molecule has 1 fully saturated rings. The smallest absolute Gasteiger partial charge is 0.231 e. The van der Waals surface area contributed by atoms with E-state index in [1.54, 1.807) is 0 Å². The number of aromatic nitrogens is 2. The third-order valence-electron chi connectivity index (χ3n) is 4.73. The van der Waals surface area contributed by atoms with Crippen molar-refractivity contribution in [3.05, 3.63) is 47.6 Å². The predicted molar refractivity (Wildman–Crippen MR) is 90.0 cm³/mol.